The number of aromatic nitrogens is 1. The van der Waals surface area contributed by atoms with E-state index in [2.05, 4.69) is 22.5 Å². The minimum Gasteiger partial charge on any atom is -0.383 e. The summed E-state index contributed by atoms with van der Waals surface area (Å²) < 4.78 is 0. The molecule has 0 bridgehead atoms. The molecule has 0 fully saturated rings. The Bertz CT molecular complexity index is 464. The minimum atomic E-state index is 0.0863. The molecule has 0 radical (unpaired) electrons. The lowest BCUT2D eigenvalue weighted by Crippen LogP contribution is -2.28. The molecule has 4 nitrogen and oxygen atoms in total. The molecule has 1 aliphatic heterocycles. The molecule has 0 aromatic carbocycles. The van der Waals surface area contributed by atoms with Gasteiger partial charge in [0.15, 0.2) is 0 Å². The number of halogens is 1. The number of nitrogens with one attached hydrogen (secondary N) is 2. The standard InChI is InChI=1S/C15H22ClN3O/c1-2-3-4-5-6-11-7-8-17-12-9-14(16)18-10-13(12)19-15(11)20/h9-11,17H,2-8H2,1H3,(H,19,20). The van der Waals surface area contributed by atoms with Crippen molar-refractivity contribution in [2.45, 2.75) is 45.4 Å². The van der Waals surface area contributed by atoms with Crippen LogP contribution in [0.2, 0.25) is 5.15 Å². The fraction of sp³-hybridized carbons (Fsp3) is 0.600. The van der Waals surface area contributed by atoms with Crippen LogP contribution in [0.5, 0.6) is 0 Å². The quantitative estimate of drug-likeness (QED) is 0.636. The summed E-state index contributed by atoms with van der Waals surface area (Å²) in [5, 5.41) is 6.71. The number of fused-ring (bicyclic) bond motifs is 1. The Morgan fingerprint density at radius 3 is 3.00 bits per heavy atom. The number of amides is 1. The number of pyridine rings is 1. The zero-order valence-corrected chi connectivity index (χ0v) is 12.7. The summed E-state index contributed by atoms with van der Waals surface area (Å²) in [5.41, 5.74) is 1.57. The highest BCUT2D eigenvalue weighted by Gasteiger charge is 2.21. The first kappa shape index (κ1) is 15.1. The van der Waals surface area contributed by atoms with Crippen LogP contribution >= 0.6 is 11.6 Å². The molecule has 5 heteroatoms. The van der Waals surface area contributed by atoms with Crippen molar-refractivity contribution in [1.29, 1.82) is 0 Å². The van der Waals surface area contributed by atoms with E-state index in [0.717, 1.165) is 37.2 Å². The van der Waals surface area contributed by atoms with E-state index in [1.165, 1.54) is 19.3 Å². The van der Waals surface area contributed by atoms with Gasteiger partial charge in [0.25, 0.3) is 0 Å². The van der Waals surface area contributed by atoms with E-state index in [4.69, 9.17) is 11.6 Å². The van der Waals surface area contributed by atoms with Gasteiger partial charge in [-0.3, -0.25) is 4.79 Å². The molecule has 1 amide bonds. The van der Waals surface area contributed by atoms with Gasteiger partial charge in [0, 0.05) is 18.5 Å². The Morgan fingerprint density at radius 1 is 1.35 bits per heavy atom. The zero-order valence-electron chi connectivity index (χ0n) is 11.9. The number of nitrogens with zero attached hydrogens (tertiary/aromatic N) is 1. The highest BCUT2D eigenvalue weighted by Crippen LogP contribution is 2.27. The third-order valence-electron chi connectivity index (χ3n) is 3.71. The lowest BCUT2D eigenvalue weighted by molar-refractivity contribution is -0.120. The molecule has 1 atom stereocenters. The van der Waals surface area contributed by atoms with Gasteiger partial charge in [-0.2, -0.15) is 0 Å². The summed E-state index contributed by atoms with van der Waals surface area (Å²) in [6.07, 6.45) is 8.23. The molecule has 0 aliphatic carbocycles. The molecule has 2 N–H and O–H groups in total. The normalized spacial score (nSPS) is 18.5. The second-order valence-corrected chi connectivity index (χ2v) is 5.69. The second-order valence-electron chi connectivity index (χ2n) is 5.30. The van der Waals surface area contributed by atoms with Crippen molar-refractivity contribution in [2.24, 2.45) is 5.92 Å². The van der Waals surface area contributed by atoms with Crippen LogP contribution in [0, 0.1) is 5.92 Å². The Labute approximate surface area is 125 Å². The van der Waals surface area contributed by atoms with E-state index in [-0.39, 0.29) is 11.8 Å². The van der Waals surface area contributed by atoms with Crippen LogP contribution in [0.15, 0.2) is 12.3 Å². The molecule has 1 aromatic rings. The average molecular weight is 296 g/mol. The van der Waals surface area contributed by atoms with Crippen molar-refractivity contribution in [2.75, 3.05) is 17.2 Å². The number of unbranched alkanes of at least 4 members (excludes halogenated alkanes) is 3. The maximum Gasteiger partial charge on any atom is 0.227 e. The Kier molecular flexibility index (Phi) is 5.65. The van der Waals surface area contributed by atoms with Gasteiger partial charge >= 0.3 is 0 Å². The average Bonchev–Trinajstić information content (AvgIpc) is 2.42. The number of carbonyl (C=O) groups excluding carboxylic acids is 1. The SMILES string of the molecule is CCCCCCC1CCNc2cc(Cl)ncc2NC1=O. The summed E-state index contributed by atoms with van der Waals surface area (Å²) in [4.78, 5) is 16.3. The summed E-state index contributed by atoms with van der Waals surface area (Å²) in [6.45, 7) is 2.99. The Balaban J connectivity index is 1.97. The van der Waals surface area contributed by atoms with Crippen molar-refractivity contribution in [3.05, 3.63) is 17.4 Å². The predicted molar refractivity (Wildman–Crippen MR) is 83.2 cm³/mol. The van der Waals surface area contributed by atoms with Crippen molar-refractivity contribution in [3.63, 3.8) is 0 Å². The van der Waals surface area contributed by atoms with Gasteiger partial charge in [-0.05, 0) is 12.8 Å². The summed E-state index contributed by atoms with van der Waals surface area (Å²) in [6, 6.07) is 1.75. The molecule has 0 saturated heterocycles. The molecular weight excluding hydrogens is 274 g/mol. The summed E-state index contributed by atoms with van der Waals surface area (Å²) >= 11 is 5.87. The van der Waals surface area contributed by atoms with Gasteiger partial charge in [0.2, 0.25) is 5.91 Å². The number of carbonyl (C=O) groups is 1. The first-order chi connectivity index (χ1) is 9.70. The van der Waals surface area contributed by atoms with Crippen LogP contribution in [0.4, 0.5) is 11.4 Å². The van der Waals surface area contributed by atoms with Gasteiger partial charge in [0.1, 0.15) is 5.15 Å². The summed E-state index contributed by atoms with van der Waals surface area (Å²) in [5.74, 6) is 0.191. The third-order valence-corrected chi connectivity index (χ3v) is 3.92. The molecule has 1 unspecified atom stereocenters. The molecule has 2 heterocycles. The molecule has 0 saturated carbocycles. The van der Waals surface area contributed by atoms with E-state index in [0.29, 0.717) is 5.15 Å². The fourth-order valence-electron chi connectivity index (χ4n) is 2.52. The lowest BCUT2D eigenvalue weighted by atomic mass is 9.95. The minimum absolute atomic E-state index is 0.0863. The van der Waals surface area contributed by atoms with E-state index in [1.54, 1.807) is 12.3 Å². The molecule has 110 valence electrons. The van der Waals surface area contributed by atoms with Crippen molar-refractivity contribution < 1.29 is 4.79 Å². The third kappa shape index (κ3) is 4.10. The van der Waals surface area contributed by atoms with Crippen LogP contribution in [0.3, 0.4) is 0 Å². The molecule has 0 spiro atoms. The Morgan fingerprint density at radius 2 is 2.20 bits per heavy atom. The highest BCUT2D eigenvalue weighted by atomic mass is 35.5. The van der Waals surface area contributed by atoms with Gasteiger partial charge < -0.3 is 10.6 Å². The topological polar surface area (TPSA) is 54.0 Å². The predicted octanol–water partition coefficient (Wildman–Crippen LogP) is 4.08. The van der Waals surface area contributed by atoms with Crippen LogP contribution in [-0.4, -0.2) is 17.4 Å². The molecular formula is C15H22ClN3O. The number of anilines is 2. The zero-order chi connectivity index (χ0) is 14.4. The van der Waals surface area contributed by atoms with Crippen LogP contribution in [0.1, 0.15) is 45.4 Å². The van der Waals surface area contributed by atoms with Crippen LogP contribution in [-0.2, 0) is 4.79 Å². The lowest BCUT2D eigenvalue weighted by Gasteiger charge is -2.22. The number of hydrogen-bond acceptors (Lipinski definition) is 3. The van der Waals surface area contributed by atoms with E-state index < -0.39 is 0 Å². The van der Waals surface area contributed by atoms with Gasteiger partial charge in [0.05, 0.1) is 17.6 Å². The van der Waals surface area contributed by atoms with Gasteiger partial charge in [-0.15, -0.1) is 0 Å². The van der Waals surface area contributed by atoms with E-state index in [9.17, 15) is 4.79 Å². The first-order valence-corrected chi connectivity index (χ1v) is 7.78. The fourth-order valence-corrected chi connectivity index (χ4v) is 2.67. The monoisotopic (exact) mass is 295 g/mol. The van der Waals surface area contributed by atoms with Crippen molar-refractivity contribution >= 4 is 28.9 Å². The largest absolute Gasteiger partial charge is 0.383 e. The number of rotatable bonds is 5. The maximum absolute atomic E-state index is 12.3. The van der Waals surface area contributed by atoms with Gasteiger partial charge in [-0.1, -0.05) is 44.2 Å². The summed E-state index contributed by atoms with van der Waals surface area (Å²) in [7, 11) is 0. The van der Waals surface area contributed by atoms with E-state index in [1.807, 2.05) is 0 Å². The van der Waals surface area contributed by atoms with E-state index >= 15 is 0 Å². The Hall–Kier alpha value is -1.29. The first-order valence-electron chi connectivity index (χ1n) is 7.41. The molecule has 2 rings (SSSR count). The van der Waals surface area contributed by atoms with Crippen LogP contribution < -0.4 is 10.6 Å². The van der Waals surface area contributed by atoms with Crippen LogP contribution in [0.25, 0.3) is 0 Å². The van der Waals surface area contributed by atoms with Gasteiger partial charge in [-0.25, -0.2) is 4.98 Å². The smallest absolute Gasteiger partial charge is 0.227 e. The highest BCUT2D eigenvalue weighted by molar-refractivity contribution is 6.29. The maximum atomic E-state index is 12.3. The van der Waals surface area contributed by atoms with Crippen molar-refractivity contribution in [3.8, 4) is 0 Å². The second kappa shape index (κ2) is 7.48. The molecule has 1 aromatic heterocycles. The van der Waals surface area contributed by atoms with Crippen molar-refractivity contribution in [1.82, 2.24) is 4.98 Å². The number of hydrogen-bond donors (Lipinski definition) is 2. The molecule has 1 aliphatic rings. The molecule has 20 heavy (non-hydrogen) atoms.